The van der Waals surface area contributed by atoms with E-state index in [0.717, 1.165) is 16.7 Å². The topological polar surface area (TPSA) is 79.2 Å². The Kier molecular flexibility index (Phi) is 2.60. The smallest absolute Gasteiger partial charge is 0.160 e. The summed E-state index contributed by atoms with van der Waals surface area (Å²) in [5, 5.41) is 30.6. The van der Waals surface area contributed by atoms with E-state index in [-0.39, 0.29) is 24.0 Å². The Labute approximate surface area is 127 Å². The van der Waals surface area contributed by atoms with Crippen LogP contribution in [0.4, 0.5) is 0 Å². The molecular weight excluding hydrogens is 284 g/mol. The Balaban J connectivity index is 1.93. The molecule has 1 aliphatic heterocycles. The van der Waals surface area contributed by atoms with E-state index in [0.29, 0.717) is 17.9 Å². The van der Waals surface area contributed by atoms with Crippen molar-refractivity contribution in [2.45, 2.75) is 17.9 Å². The van der Waals surface area contributed by atoms with E-state index < -0.39 is 5.60 Å². The summed E-state index contributed by atoms with van der Waals surface area (Å²) in [4.78, 5) is 0. The Morgan fingerprint density at radius 3 is 2.77 bits per heavy atom. The fourth-order valence-corrected chi connectivity index (χ4v) is 3.61. The fourth-order valence-electron chi connectivity index (χ4n) is 3.61. The number of phenols is 2. The average molecular weight is 300 g/mol. The molecule has 0 bridgehead atoms. The van der Waals surface area contributed by atoms with E-state index in [1.54, 1.807) is 30.3 Å². The first-order chi connectivity index (χ1) is 10.5. The van der Waals surface area contributed by atoms with Gasteiger partial charge in [-0.15, -0.1) is 0 Å². The first-order valence-corrected chi connectivity index (χ1v) is 7.10. The van der Waals surface area contributed by atoms with Crippen LogP contribution in [0.15, 0.2) is 30.3 Å². The van der Waals surface area contributed by atoms with Gasteiger partial charge < -0.3 is 24.8 Å². The van der Waals surface area contributed by atoms with Gasteiger partial charge in [-0.05, 0) is 29.3 Å². The van der Waals surface area contributed by atoms with Crippen molar-refractivity contribution < 1.29 is 24.8 Å². The number of ether oxygens (including phenoxy) is 2. The molecule has 3 N–H and O–H groups in total. The van der Waals surface area contributed by atoms with Crippen LogP contribution in [0.25, 0.3) is 0 Å². The number of fused-ring (bicyclic) bond motifs is 5. The zero-order valence-corrected chi connectivity index (χ0v) is 12.0. The normalized spacial score (nSPS) is 24.9. The second kappa shape index (κ2) is 4.30. The monoisotopic (exact) mass is 300 g/mol. The molecule has 2 unspecified atom stereocenters. The molecule has 22 heavy (non-hydrogen) atoms. The Morgan fingerprint density at radius 1 is 1.18 bits per heavy atom. The van der Waals surface area contributed by atoms with Crippen LogP contribution in [0.2, 0.25) is 0 Å². The second-order valence-electron chi connectivity index (χ2n) is 5.95. The van der Waals surface area contributed by atoms with Crippen molar-refractivity contribution in [1.82, 2.24) is 0 Å². The van der Waals surface area contributed by atoms with E-state index in [1.165, 1.54) is 7.11 Å². The van der Waals surface area contributed by atoms with Crippen molar-refractivity contribution in [3.8, 4) is 23.0 Å². The van der Waals surface area contributed by atoms with Crippen molar-refractivity contribution in [3.05, 3.63) is 47.0 Å². The highest BCUT2D eigenvalue weighted by atomic mass is 16.5. The number of benzene rings is 2. The molecule has 0 radical (unpaired) electrons. The van der Waals surface area contributed by atoms with Gasteiger partial charge in [0.15, 0.2) is 11.5 Å². The molecule has 5 heteroatoms. The summed E-state index contributed by atoms with van der Waals surface area (Å²) in [6.07, 6.45) is 0.408. The molecule has 1 aliphatic carbocycles. The molecule has 2 atom stereocenters. The maximum atomic E-state index is 11.0. The molecule has 0 spiro atoms. The molecule has 114 valence electrons. The van der Waals surface area contributed by atoms with Crippen LogP contribution >= 0.6 is 0 Å². The van der Waals surface area contributed by atoms with Gasteiger partial charge in [-0.3, -0.25) is 0 Å². The lowest BCUT2D eigenvalue weighted by atomic mass is 9.80. The lowest BCUT2D eigenvalue weighted by Gasteiger charge is -2.36. The zero-order chi connectivity index (χ0) is 15.5. The number of hydrogen-bond donors (Lipinski definition) is 3. The number of hydrogen-bond acceptors (Lipinski definition) is 5. The van der Waals surface area contributed by atoms with Crippen molar-refractivity contribution in [2.24, 2.45) is 0 Å². The molecule has 1 heterocycles. The average Bonchev–Trinajstić information content (AvgIpc) is 2.77. The van der Waals surface area contributed by atoms with Gasteiger partial charge in [-0.1, -0.05) is 6.07 Å². The first-order valence-electron chi connectivity index (χ1n) is 7.10. The fraction of sp³-hybridized carbons (Fsp3) is 0.294. The van der Waals surface area contributed by atoms with Crippen LogP contribution in [-0.4, -0.2) is 34.6 Å². The maximum absolute atomic E-state index is 11.0. The molecule has 0 aromatic heterocycles. The highest BCUT2D eigenvalue weighted by molar-refractivity contribution is 5.58. The summed E-state index contributed by atoms with van der Waals surface area (Å²) in [5.41, 5.74) is 1.59. The Hall–Kier alpha value is -2.40. The van der Waals surface area contributed by atoms with Gasteiger partial charge >= 0.3 is 0 Å². The predicted molar refractivity (Wildman–Crippen MR) is 78.8 cm³/mol. The second-order valence-corrected chi connectivity index (χ2v) is 5.95. The minimum atomic E-state index is -1.05. The van der Waals surface area contributed by atoms with E-state index in [9.17, 15) is 15.3 Å². The Bertz CT molecular complexity index is 770. The number of methoxy groups -OCH3 is 1. The van der Waals surface area contributed by atoms with Crippen molar-refractivity contribution in [3.63, 3.8) is 0 Å². The summed E-state index contributed by atoms with van der Waals surface area (Å²) in [5.74, 6) is 0.895. The molecule has 2 aromatic carbocycles. The summed E-state index contributed by atoms with van der Waals surface area (Å²) < 4.78 is 10.8. The summed E-state index contributed by atoms with van der Waals surface area (Å²) in [6, 6.07) is 8.34. The van der Waals surface area contributed by atoms with E-state index >= 15 is 0 Å². The molecule has 2 aliphatic rings. The van der Waals surface area contributed by atoms with Gasteiger partial charge in [-0.2, -0.15) is 0 Å². The van der Waals surface area contributed by atoms with Gasteiger partial charge in [0.1, 0.15) is 23.7 Å². The summed E-state index contributed by atoms with van der Waals surface area (Å²) in [6.45, 7) is 0.145. The molecule has 0 fully saturated rings. The molecule has 4 rings (SSSR count). The van der Waals surface area contributed by atoms with Crippen molar-refractivity contribution in [1.29, 1.82) is 0 Å². The standard InChI is InChI=1S/C17H16O5/c1-21-15-6-12-9(4-13(15)19)7-17(20)8-22-14-5-10(18)2-3-11(14)16(12)17/h2-6,16,18-20H,7-8H2,1H3. The minimum Gasteiger partial charge on any atom is -0.508 e. The van der Waals surface area contributed by atoms with Crippen LogP contribution in [-0.2, 0) is 6.42 Å². The van der Waals surface area contributed by atoms with Crippen molar-refractivity contribution in [2.75, 3.05) is 13.7 Å². The van der Waals surface area contributed by atoms with Gasteiger partial charge in [0.2, 0.25) is 0 Å². The third-order valence-electron chi connectivity index (χ3n) is 4.57. The van der Waals surface area contributed by atoms with E-state index in [1.807, 2.05) is 0 Å². The first kappa shape index (κ1) is 13.3. The number of rotatable bonds is 1. The Morgan fingerprint density at radius 2 is 2.00 bits per heavy atom. The van der Waals surface area contributed by atoms with Gasteiger partial charge in [0.25, 0.3) is 0 Å². The van der Waals surface area contributed by atoms with Crippen LogP contribution in [0.3, 0.4) is 0 Å². The highest BCUT2D eigenvalue weighted by Gasteiger charge is 2.50. The SMILES string of the molecule is COc1cc2c(cc1O)CC1(O)COc3cc(O)ccc3C21. The molecular formula is C17H16O5. The molecule has 0 amide bonds. The third kappa shape index (κ3) is 1.69. The number of phenolic OH excluding ortho intramolecular Hbond substituents is 2. The molecule has 2 aromatic rings. The quantitative estimate of drug-likeness (QED) is 0.750. The number of aliphatic hydroxyl groups is 1. The lowest BCUT2D eigenvalue weighted by molar-refractivity contribution is -0.0218. The zero-order valence-electron chi connectivity index (χ0n) is 12.0. The molecule has 5 nitrogen and oxygen atoms in total. The van der Waals surface area contributed by atoms with Crippen LogP contribution in [0.1, 0.15) is 22.6 Å². The van der Waals surface area contributed by atoms with E-state index in [4.69, 9.17) is 9.47 Å². The molecule has 0 saturated carbocycles. The number of aromatic hydroxyl groups is 2. The third-order valence-corrected chi connectivity index (χ3v) is 4.57. The van der Waals surface area contributed by atoms with Crippen LogP contribution in [0, 0.1) is 0 Å². The minimum absolute atomic E-state index is 0.0651. The molecule has 0 saturated heterocycles. The van der Waals surface area contributed by atoms with Gasteiger partial charge in [0.05, 0.1) is 7.11 Å². The summed E-state index contributed by atoms with van der Waals surface area (Å²) in [7, 11) is 1.50. The lowest BCUT2D eigenvalue weighted by Crippen LogP contribution is -2.43. The van der Waals surface area contributed by atoms with E-state index in [2.05, 4.69) is 0 Å². The predicted octanol–water partition coefficient (Wildman–Crippen LogP) is 1.92. The van der Waals surface area contributed by atoms with Crippen LogP contribution < -0.4 is 9.47 Å². The maximum Gasteiger partial charge on any atom is 0.160 e. The largest absolute Gasteiger partial charge is 0.508 e. The van der Waals surface area contributed by atoms with Crippen molar-refractivity contribution >= 4 is 0 Å². The van der Waals surface area contributed by atoms with Crippen LogP contribution in [0.5, 0.6) is 23.0 Å². The van der Waals surface area contributed by atoms with Gasteiger partial charge in [0, 0.05) is 24.0 Å². The highest BCUT2D eigenvalue weighted by Crippen LogP contribution is 2.53. The summed E-state index contributed by atoms with van der Waals surface area (Å²) >= 11 is 0. The van der Waals surface area contributed by atoms with Gasteiger partial charge in [-0.25, -0.2) is 0 Å².